The summed E-state index contributed by atoms with van der Waals surface area (Å²) in [6.07, 6.45) is 3.24. The number of amides is 3. The minimum atomic E-state index is -1.22. The summed E-state index contributed by atoms with van der Waals surface area (Å²) in [6, 6.07) is 3.04. The number of aliphatic carboxylic acids is 1. The van der Waals surface area contributed by atoms with Gasteiger partial charge in [0.25, 0.3) is 0 Å². The SMILES string of the molecule is CC(C)C(NC(=O)C(Cc1ccc(O)cc1)NC(=O)C(N)Cc1cnc[nH]1)C(=O)NCC(=O)O. The van der Waals surface area contributed by atoms with Crippen LogP contribution in [0.1, 0.15) is 25.1 Å². The summed E-state index contributed by atoms with van der Waals surface area (Å²) in [4.78, 5) is 55.8. The molecule has 0 radical (unpaired) electrons. The van der Waals surface area contributed by atoms with Crippen LogP contribution in [-0.4, -0.2) is 68.5 Å². The van der Waals surface area contributed by atoms with Crippen molar-refractivity contribution < 1.29 is 29.4 Å². The highest BCUT2D eigenvalue weighted by Crippen LogP contribution is 2.12. The average Bonchev–Trinajstić information content (AvgIpc) is 3.29. The molecule has 0 aliphatic rings. The van der Waals surface area contributed by atoms with E-state index in [4.69, 9.17) is 10.8 Å². The molecule has 8 N–H and O–H groups in total. The van der Waals surface area contributed by atoms with Crippen LogP contribution in [0.4, 0.5) is 0 Å². The van der Waals surface area contributed by atoms with E-state index in [0.717, 1.165) is 0 Å². The van der Waals surface area contributed by atoms with Crippen molar-refractivity contribution in [2.24, 2.45) is 11.7 Å². The van der Waals surface area contributed by atoms with E-state index in [-0.39, 0.29) is 24.5 Å². The Labute approximate surface area is 196 Å². The van der Waals surface area contributed by atoms with E-state index in [0.29, 0.717) is 11.3 Å². The standard InChI is InChI=1S/C22H30N6O6/c1-12(2)19(22(34)25-10-18(30)31)28-21(33)17(7-13-3-5-15(29)6-4-13)27-20(32)16(23)8-14-9-24-11-26-14/h3-6,9,11-12,16-17,19,29H,7-8,10,23H2,1-2H3,(H,24,26)(H,25,34)(H,27,32)(H,28,33)(H,30,31). The molecule has 0 bridgehead atoms. The molecule has 1 aromatic carbocycles. The molecule has 0 spiro atoms. The van der Waals surface area contributed by atoms with Gasteiger partial charge in [-0.2, -0.15) is 0 Å². The number of phenols is 1. The molecular formula is C22H30N6O6. The number of aromatic nitrogens is 2. The lowest BCUT2D eigenvalue weighted by molar-refractivity contribution is -0.139. The first-order valence-electron chi connectivity index (χ1n) is 10.7. The van der Waals surface area contributed by atoms with E-state index >= 15 is 0 Å². The Morgan fingerprint density at radius 3 is 2.26 bits per heavy atom. The van der Waals surface area contributed by atoms with Gasteiger partial charge in [-0.1, -0.05) is 26.0 Å². The van der Waals surface area contributed by atoms with E-state index < -0.39 is 48.4 Å². The van der Waals surface area contributed by atoms with Gasteiger partial charge in [0.1, 0.15) is 24.4 Å². The largest absolute Gasteiger partial charge is 0.508 e. The molecule has 12 nitrogen and oxygen atoms in total. The van der Waals surface area contributed by atoms with Gasteiger partial charge < -0.3 is 36.9 Å². The van der Waals surface area contributed by atoms with Crippen LogP contribution < -0.4 is 21.7 Å². The number of aromatic amines is 1. The molecule has 184 valence electrons. The van der Waals surface area contributed by atoms with Crippen molar-refractivity contribution in [3.63, 3.8) is 0 Å². The Kier molecular flexibility index (Phi) is 9.56. The number of aromatic hydroxyl groups is 1. The molecule has 34 heavy (non-hydrogen) atoms. The normalized spacial score (nSPS) is 13.5. The highest BCUT2D eigenvalue weighted by atomic mass is 16.4. The molecule has 3 atom stereocenters. The fourth-order valence-electron chi connectivity index (χ4n) is 3.14. The van der Waals surface area contributed by atoms with Crippen LogP contribution in [0.25, 0.3) is 0 Å². The Balaban J connectivity index is 2.16. The molecule has 0 saturated heterocycles. The molecule has 3 amide bonds. The summed E-state index contributed by atoms with van der Waals surface area (Å²) in [5, 5.41) is 25.8. The fraction of sp³-hybridized carbons (Fsp3) is 0.409. The number of hydrogen-bond donors (Lipinski definition) is 7. The minimum Gasteiger partial charge on any atom is -0.508 e. The summed E-state index contributed by atoms with van der Waals surface area (Å²) >= 11 is 0. The predicted octanol–water partition coefficient (Wildman–Crippen LogP) is -0.946. The molecule has 1 aromatic heterocycles. The lowest BCUT2D eigenvalue weighted by Crippen LogP contribution is -2.58. The number of nitrogens with one attached hydrogen (secondary N) is 4. The predicted molar refractivity (Wildman–Crippen MR) is 121 cm³/mol. The summed E-state index contributed by atoms with van der Waals surface area (Å²) in [5.74, 6) is -3.40. The maximum Gasteiger partial charge on any atom is 0.322 e. The number of carbonyl (C=O) groups excluding carboxylic acids is 3. The second-order valence-corrected chi connectivity index (χ2v) is 8.16. The fourth-order valence-corrected chi connectivity index (χ4v) is 3.14. The van der Waals surface area contributed by atoms with Gasteiger partial charge >= 0.3 is 5.97 Å². The molecule has 2 aromatic rings. The van der Waals surface area contributed by atoms with Crippen molar-refractivity contribution in [1.82, 2.24) is 25.9 Å². The minimum absolute atomic E-state index is 0.0466. The number of benzene rings is 1. The molecular weight excluding hydrogens is 444 g/mol. The van der Waals surface area contributed by atoms with Gasteiger partial charge in [0.05, 0.1) is 12.4 Å². The second kappa shape index (κ2) is 12.3. The topological polar surface area (TPSA) is 200 Å². The number of imidazole rings is 1. The van der Waals surface area contributed by atoms with Gasteiger partial charge in [-0.25, -0.2) is 4.98 Å². The number of carboxylic acids is 1. The zero-order chi connectivity index (χ0) is 25.3. The third kappa shape index (κ3) is 8.20. The number of nitrogens with zero attached hydrogens (tertiary/aromatic N) is 1. The van der Waals surface area contributed by atoms with Crippen molar-refractivity contribution >= 4 is 23.7 Å². The van der Waals surface area contributed by atoms with E-state index in [9.17, 15) is 24.3 Å². The Morgan fingerprint density at radius 1 is 1.03 bits per heavy atom. The van der Waals surface area contributed by atoms with Crippen molar-refractivity contribution in [2.45, 2.75) is 44.8 Å². The van der Waals surface area contributed by atoms with E-state index in [1.807, 2.05) is 0 Å². The molecule has 0 fully saturated rings. The monoisotopic (exact) mass is 474 g/mol. The first-order valence-corrected chi connectivity index (χ1v) is 10.7. The van der Waals surface area contributed by atoms with Gasteiger partial charge in [0, 0.05) is 24.7 Å². The van der Waals surface area contributed by atoms with Crippen LogP contribution >= 0.6 is 0 Å². The van der Waals surface area contributed by atoms with Crippen molar-refractivity contribution in [1.29, 1.82) is 0 Å². The van der Waals surface area contributed by atoms with Gasteiger partial charge in [-0.05, 0) is 23.6 Å². The van der Waals surface area contributed by atoms with Gasteiger partial charge in [-0.15, -0.1) is 0 Å². The third-order valence-electron chi connectivity index (χ3n) is 5.00. The number of rotatable bonds is 12. The second-order valence-electron chi connectivity index (χ2n) is 8.16. The van der Waals surface area contributed by atoms with Crippen molar-refractivity contribution in [2.75, 3.05) is 6.54 Å². The van der Waals surface area contributed by atoms with E-state index in [1.54, 1.807) is 26.0 Å². The first kappa shape index (κ1) is 26.3. The number of carboxylic acid groups (broad SMARTS) is 1. The molecule has 0 saturated carbocycles. The zero-order valence-electron chi connectivity index (χ0n) is 18.9. The number of H-pyrrole nitrogens is 1. The van der Waals surface area contributed by atoms with Crippen molar-refractivity contribution in [3.8, 4) is 5.75 Å². The first-order chi connectivity index (χ1) is 16.1. The highest BCUT2D eigenvalue weighted by molar-refractivity contribution is 5.94. The van der Waals surface area contributed by atoms with Crippen molar-refractivity contribution in [3.05, 3.63) is 48.0 Å². The van der Waals surface area contributed by atoms with Gasteiger partial charge in [-0.3, -0.25) is 19.2 Å². The average molecular weight is 475 g/mol. The molecule has 12 heteroatoms. The Morgan fingerprint density at radius 2 is 1.71 bits per heavy atom. The van der Waals surface area contributed by atoms with Gasteiger partial charge in [0.2, 0.25) is 17.7 Å². The lowest BCUT2D eigenvalue weighted by atomic mass is 10.0. The maximum atomic E-state index is 13.1. The van der Waals surface area contributed by atoms with Gasteiger partial charge in [0.15, 0.2) is 0 Å². The summed E-state index contributed by atoms with van der Waals surface area (Å²) < 4.78 is 0. The smallest absolute Gasteiger partial charge is 0.322 e. The number of hydrogen-bond acceptors (Lipinski definition) is 7. The number of carbonyl (C=O) groups is 4. The Hall–Kier alpha value is -3.93. The summed E-state index contributed by atoms with van der Waals surface area (Å²) in [6.45, 7) is 2.80. The van der Waals surface area contributed by atoms with Crippen LogP contribution in [-0.2, 0) is 32.0 Å². The molecule has 0 aliphatic heterocycles. The maximum absolute atomic E-state index is 13.1. The van der Waals surface area contributed by atoms with Crippen LogP contribution in [0.15, 0.2) is 36.8 Å². The van der Waals surface area contributed by atoms with E-state index in [1.165, 1.54) is 24.7 Å². The van der Waals surface area contributed by atoms with Crippen LogP contribution in [0, 0.1) is 5.92 Å². The molecule has 1 heterocycles. The molecule has 0 aliphatic carbocycles. The lowest BCUT2D eigenvalue weighted by Gasteiger charge is -2.26. The summed E-state index contributed by atoms with van der Waals surface area (Å²) in [7, 11) is 0. The van der Waals surface area contributed by atoms with Crippen LogP contribution in [0.5, 0.6) is 5.75 Å². The Bertz CT molecular complexity index is 976. The number of nitrogens with two attached hydrogens (primary N) is 1. The number of phenolic OH excluding ortho intramolecular Hbond substituents is 1. The zero-order valence-corrected chi connectivity index (χ0v) is 18.9. The highest BCUT2D eigenvalue weighted by Gasteiger charge is 2.30. The summed E-state index contributed by atoms with van der Waals surface area (Å²) in [5.41, 5.74) is 7.29. The molecule has 3 unspecified atom stereocenters. The quantitative estimate of drug-likeness (QED) is 0.204. The third-order valence-corrected chi connectivity index (χ3v) is 5.00. The van der Waals surface area contributed by atoms with Crippen LogP contribution in [0.2, 0.25) is 0 Å². The van der Waals surface area contributed by atoms with Crippen LogP contribution in [0.3, 0.4) is 0 Å². The van der Waals surface area contributed by atoms with E-state index in [2.05, 4.69) is 25.9 Å². The molecule has 2 rings (SSSR count).